The van der Waals surface area contributed by atoms with Crippen LogP contribution in [0.25, 0.3) is 11.0 Å². The van der Waals surface area contributed by atoms with Gasteiger partial charge in [-0.25, -0.2) is 0 Å². The molecule has 0 radical (unpaired) electrons. The largest absolute Gasteiger partial charge is 0.489 e. The highest BCUT2D eigenvalue weighted by atomic mass is 16.5. The summed E-state index contributed by atoms with van der Waals surface area (Å²) in [5, 5.41) is 27.2. The number of hydrogen-bond acceptors (Lipinski definition) is 10. The van der Waals surface area contributed by atoms with Crippen LogP contribution in [0.2, 0.25) is 0 Å². The lowest BCUT2D eigenvalue weighted by molar-refractivity contribution is 0.209. The van der Waals surface area contributed by atoms with Crippen LogP contribution in [0.4, 0.5) is 28.8 Å². The molecule has 0 saturated carbocycles. The van der Waals surface area contributed by atoms with E-state index in [0.717, 1.165) is 73.5 Å². The minimum atomic E-state index is -0.108. The van der Waals surface area contributed by atoms with Crippen molar-refractivity contribution in [3.8, 4) is 5.75 Å². The van der Waals surface area contributed by atoms with E-state index in [4.69, 9.17) is 14.7 Å². The third kappa shape index (κ3) is 8.63. The SMILES string of the molecule is CCC=C(CCN1CCC(c2cc(OC(C)C)c(Nc3nc(Nc4ccccc4N(O)C(C)C)c4c(C)[nH]nc4n3)cc2C)CC1)N(C)C. The molecule has 4 N–H and O–H groups in total. The van der Waals surface area contributed by atoms with E-state index < -0.39 is 0 Å². The summed E-state index contributed by atoms with van der Waals surface area (Å²) in [5.74, 6) is 2.24. The Morgan fingerprint density at radius 3 is 2.47 bits per heavy atom. The van der Waals surface area contributed by atoms with Gasteiger partial charge in [0.2, 0.25) is 5.95 Å². The predicted octanol–water partition coefficient (Wildman–Crippen LogP) is 8.27. The van der Waals surface area contributed by atoms with Crippen LogP contribution in [0, 0.1) is 13.8 Å². The summed E-state index contributed by atoms with van der Waals surface area (Å²) >= 11 is 0. The normalized spacial score (nSPS) is 14.6. The lowest BCUT2D eigenvalue weighted by Gasteiger charge is -2.34. The van der Waals surface area contributed by atoms with E-state index >= 15 is 0 Å². The molecule has 4 aromatic rings. The molecule has 3 heterocycles. The fourth-order valence-electron chi connectivity index (χ4n) is 6.60. The van der Waals surface area contributed by atoms with Crippen LogP contribution in [0.5, 0.6) is 5.75 Å². The third-order valence-corrected chi connectivity index (χ3v) is 9.19. The van der Waals surface area contributed by atoms with Gasteiger partial charge in [-0.1, -0.05) is 25.1 Å². The summed E-state index contributed by atoms with van der Waals surface area (Å²) in [7, 11) is 4.28. The minimum Gasteiger partial charge on any atom is -0.489 e. The molecule has 2 aromatic heterocycles. The van der Waals surface area contributed by atoms with Gasteiger partial charge in [-0.15, -0.1) is 0 Å². The number of H-pyrrole nitrogens is 1. The van der Waals surface area contributed by atoms with E-state index in [0.29, 0.717) is 29.0 Å². The van der Waals surface area contributed by atoms with Gasteiger partial charge >= 0.3 is 0 Å². The molecule has 0 unspecified atom stereocenters. The van der Waals surface area contributed by atoms with Gasteiger partial charge in [0, 0.05) is 32.0 Å². The monoisotopic (exact) mass is 669 g/mol. The van der Waals surface area contributed by atoms with Gasteiger partial charge in [-0.3, -0.25) is 15.4 Å². The number of aromatic nitrogens is 4. The molecule has 264 valence electrons. The summed E-state index contributed by atoms with van der Waals surface area (Å²) in [6.07, 6.45) is 6.74. The fourth-order valence-corrected chi connectivity index (χ4v) is 6.60. The molecule has 0 bridgehead atoms. The van der Waals surface area contributed by atoms with Gasteiger partial charge in [-0.05, 0) is 122 Å². The van der Waals surface area contributed by atoms with Gasteiger partial charge in [-0.2, -0.15) is 15.1 Å². The average molecular weight is 670 g/mol. The Morgan fingerprint density at radius 1 is 1.06 bits per heavy atom. The van der Waals surface area contributed by atoms with Crippen molar-refractivity contribution in [3.05, 3.63) is 65.0 Å². The topological polar surface area (TPSA) is 118 Å². The van der Waals surface area contributed by atoms with Crippen molar-refractivity contribution in [1.82, 2.24) is 30.0 Å². The van der Waals surface area contributed by atoms with Crippen molar-refractivity contribution < 1.29 is 9.94 Å². The van der Waals surface area contributed by atoms with Crippen LogP contribution in [0.3, 0.4) is 0 Å². The van der Waals surface area contributed by atoms with Crippen LogP contribution in [-0.2, 0) is 0 Å². The second-order valence-electron chi connectivity index (χ2n) is 13.9. The van der Waals surface area contributed by atoms with Crippen LogP contribution >= 0.6 is 0 Å². The predicted molar refractivity (Wildman–Crippen MR) is 201 cm³/mol. The molecule has 11 heteroatoms. The zero-order valence-corrected chi connectivity index (χ0v) is 30.8. The molecule has 0 spiro atoms. The van der Waals surface area contributed by atoms with E-state index in [2.05, 4.69) is 76.8 Å². The quantitative estimate of drug-likeness (QED) is 0.0978. The minimum absolute atomic E-state index is 0.00600. The van der Waals surface area contributed by atoms with E-state index in [1.165, 1.54) is 21.9 Å². The molecule has 0 amide bonds. The average Bonchev–Trinajstić information content (AvgIpc) is 3.44. The van der Waals surface area contributed by atoms with E-state index in [9.17, 15) is 5.21 Å². The number of piperidine rings is 1. The van der Waals surface area contributed by atoms with Gasteiger partial charge < -0.3 is 25.2 Å². The molecule has 11 nitrogen and oxygen atoms in total. The number of para-hydroxylation sites is 2. The Kier molecular flexibility index (Phi) is 11.7. The number of aryl methyl sites for hydroxylation is 2. The number of nitrogens with zero attached hydrogens (tertiary/aromatic N) is 6. The number of fused-ring (bicyclic) bond motifs is 1. The first-order chi connectivity index (χ1) is 23.4. The highest BCUT2D eigenvalue weighted by Crippen LogP contribution is 2.39. The maximum atomic E-state index is 10.8. The molecule has 49 heavy (non-hydrogen) atoms. The van der Waals surface area contributed by atoms with E-state index in [1.54, 1.807) is 0 Å². The summed E-state index contributed by atoms with van der Waals surface area (Å²) in [6, 6.07) is 11.9. The van der Waals surface area contributed by atoms with Gasteiger partial charge in [0.25, 0.3) is 0 Å². The number of hydroxylamine groups is 1. The highest BCUT2D eigenvalue weighted by Gasteiger charge is 2.25. The zero-order valence-electron chi connectivity index (χ0n) is 30.8. The Hall–Kier alpha value is -4.35. The first-order valence-corrected chi connectivity index (χ1v) is 17.7. The zero-order chi connectivity index (χ0) is 35.2. The number of rotatable bonds is 14. The lowest BCUT2D eigenvalue weighted by Crippen LogP contribution is -2.34. The summed E-state index contributed by atoms with van der Waals surface area (Å²) < 4.78 is 6.41. The maximum absolute atomic E-state index is 10.8. The molecule has 5 rings (SSSR count). The number of aromatic amines is 1. The van der Waals surface area contributed by atoms with Crippen molar-refractivity contribution in [2.24, 2.45) is 0 Å². The first kappa shape index (κ1) is 35.9. The molecule has 2 aromatic carbocycles. The van der Waals surface area contributed by atoms with Crippen molar-refractivity contribution in [3.63, 3.8) is 0 Å². The molecule has 1 fully saturated rings. The van der Waals surface area contributed by atoms with E-state index in [1.807, 2.05) is 58.9 Å². The molecule has 1 aliphatic rings. The van der Waals surface area contributed by atoms with Crippen molar-refractivity contribution in [1.29, 1.82) is 0 Å². The van der Waals surface area contributed by atoms with Crippen LogP contribution in [-0.4, -0.2) is 81.0 Å². The number of nitrogens with one attached hydrogen (secondary N) is 3. The Bertz CT molecular complexity index is 1740. The fraction of sp³-hybridized carbons (Fsp3) is 0.500. The van der Waals surface area contributed by atoms with Gasteiger partial charge in [0.15, 0.2) is 5.65 Å². The number of likely N-dealkylation sites (tertiary alicyclic amines) is 1. The number of ether oxygens (including phenoxy) is 1. The van der Waals surface area contributed by atoms with Crippen molar-refractivity contribution in [2.75, 3.05) is 49.4 Å². The first-order valence-electron chi connectivity index (χ1n) is 17.7. The molecular formula is C38H55N9O2. The van der Waals surface area contributed by atoms with Crippen molar-refractivity contribution in [2.45, 2.75) is 92.2 Å². The maximum Gasteiger partial charge on any atom is 0.231 e. The smallest absolute Gasteiger partial charge is 0.231 e. The number of allylic oxidation sites excluding steroid dienone is 1. The van der Waals surface area contributed by atoms with Crippen LogP contribution in [0.15, 0.2) is 48.2 Å². The Balaban J connectivity index is 1.39. The second kappa shape index (κ2) is 15.9. The molecule has 0 atom stereocenters. The van der Waals surface area contributed by atoms with Crippen LogP contribution in [0.1, 0.15) is 83.0 Å². The van der Waals surface area contributed by atoms with Crippen LogP contribution < -0.4 is 20.4 Å². The Morgan fingerprint density at radius 2 is 1.80 bits per heavy atom. The summed E-state index contributed by atoms with van der Waals surface area (Å²) in [5.41, 5.74) is 7.54. The second-order valence-corrected chi connectivity index (χ2v) is 13.9. The van der Waals surface area contributed by atoms with Gasteiger partial charge in [0.05, 0.1) is 34.6 Å². The number of hydrogen-bond donors (Lipinski definition) is 4. The Labute approximate surface area is 291 Å². The molecule has 1 saturated heterocycles. The summed E-state index contributed by atoms with van der Waals surface area (Å²) in [4.78, 5) is 14.6. The van der Waals surface area contributed by atoms with Crippen molar-refractivity contribution >= 4 is 39.9 Å². The highest BCUT2D eigenvalue weighted by molar-refractivity contribution is 5.93. The number of anilines is 5. The molecule has 0 aliphatic carbocycles. The molecular weight excluding hydrogens is 614 g/mol. The lowest BCUT2D eigenvalue weighted by atomic mass is 9.86. The van der Waals surface area contributed by atoms with E-state index in [-0.39, 0.29) is 12.1 Å². The number of benzene rings is 2. The third-order valence-electron chi connectivity index (χ3n) is 9.19. The summed E-state index contributed by atoms with van der Waals surface area (Å²) in [6.45, 7) is 17.6. The molecule has 1 aliphatic heterocycles. The standard InChI is InChI=1S/C38H55N9O2/c1-10-13-29(45(8)9)18-21-46-19-16-28(17-20-46)30-23-34(49-25(4)5)32(22-26(30)6)40-38-41-36(35-27(7)43-44-37(35)42-38)39-31-14-11-12-15-33(31)47(48)24(2)3/h11-15,22-25,28,48H,10,16-21H2,1-9H3,(H3,39,40,41,42,43,44). The van der Waals surface area contributed by atoms with Gasteiger partial charge in [0.1, 0.15) is 11.6 Å².